The Kier molecular flexibility index (Phi) is 4.22. The molecule has 0 radical (unpaired) electrons. The van der Waals surface area contributed by atoms with Gasteiger partial charge >= 0.3 is 0 Å². The quantitative estimate of drug-likeness (QED) is 0.860. The summed E-state index contributed by atoms with van der Waals surface area (Å²) in [6.07, 6.45) is 4.02. The maximum atomic E-state index is 12.9. The van der Waals surface area contributed by atoms with E-state index in [-0.39, 0.29) is 17.9 Å². The van der Waals surface area contributed by atoms with Crippen molar-refractivity contribution in [1.82, 2.24) is 14.8 Å². The standard InChI is InChI=1S/C15H23N3O4S/c1-4-12-14(9(2)22-16-12)15(19)18-7-11(10-5-6-10)13(8-18)17-23(3,20)21/h10-11,13,17H,4-8H2,1-3H3/t11-,13+/m1/s1. The molecule has 1 N–H and O–H groups in total. The Hall–Kier alpha value is -1.41. The summed E-state index contributed by atoms with van der Waals surface area (Å²) >= 11 is 0. The van der Waals surface area contributed by atoms with Gasteiger partial charge in [-0.1, -0.05) is 12.1 Å². The SMILES string of the molecule is CCc1noc(C)c1C(=O)N1C[C@H](NS(C)(=O)=O)[C@@H](C2CC2)C1. The normalized spacial score (nSPS) is 25.1. The Bertz CT molecular complexity index is 708. The van der Waals surface area contributed by atoms with Crippen molar-refractivity contribution >= 4 is 15.9 Å². The van der Waals surface area contributed by atoms with Crippen molar-refractivity contribution in [2.75, 3.05) is 19.3 Å². The van der Waals surface area contributed by atoms with E-state index < -0.39 is 10.0 Å². The molecule has 2 heterocycles. The lowest BCUT2D eigenvalue weighted by molar-refractivity contribution is 0.0781. The molecule has 2 atom stereocenters. The number of aromatic nitrogens is 1. The van der Waals surface area contributed by atoms with Gasteiger partial charge < -0.3 is 9.42 Å². The van der Waals surface area contributed by atoms with Crippen LogP contribution in [0.4, 0.5) is 0 Å². The van der Waals surface area contributed by atoms with E-state index >= 15 is 0 Å². The van der Waals surface area contributed by atoms with Crippen molar-refractivity contribution in [3.8, 4) is 0 Å². The molecule has 1 aromatic heterocycles. The first-order valence-corrected chi connectivity index (χ1v) is 9.91. The molecular weight excluding hydrogens is 318 g/mol. The molecule has 2 aliphatic rings. The van der Waals surface area contributed by atoms with Gasteiger partial charge in [0.15, 0.2) is 0 Å². The van der Waals surface area contributed by atoms with Gasteiger partial charge in [0.2, 0.25) is 10.0 Å². The third kappa shape index (κ3) is 3.42. The highest BCUT2D eigenvalue weighted by atomic mass is 32.2. The van der Waals surface area contributed by atoms with Gasteiger partial charge in [-0.3, -0.25) is 4.79 Å². The smallest absolute Gasteiger partial charge is 0.259 e. The number of nitrogens with one attached hydrogen (secondary N) is 1. The van der Waals surface area contributed by atoms with E-state index in [0.29, 0.717) is 42.4 Å². The minimum Gasteiger partial charge on any atom is -0.361 e. The fraction of sp³-hybridized carbons (Fsp3) is 0.733. The number of carbonyl (C=O) groups excluding carboxylic acids is 1. The number of hydrogen-bond acceptors (Lipinski definition) is 5. The van der Waals surface area contributed by atoms with Crippen molar-refractivity contribution in [1.29, 1.82) is 0 Å². The Labute approximate surface area is 136 Å². The fourth-order valence-electron chi connectivity index (χ4n) is 3.49. The lowest BCUT2D eigenvalue weighted by atomic mass is 9.99. The summed E-state index contributed by atoms with van der Waals surface area (Å²) in [5.41, 5.74) is 1.19. The van der Waals surface area contributed by atoms with Gasteiger partial charge in [-0.05, 0) is 38.0 Å². The van der Waals surface area contributed by atoms with E-state index in [2.05, 4.69) is 9.88 Å². The number of carbonyl (C=O) groups is 1. The molecule has 2 fully saturated rings. The maximum absolute atomic E-state index is 12.9. The summed E-state index contributed by atoms with van der Waals surface area (Å²) in [6.45, 7) is 4.66. The van der Waals surface area contributed by atoms with E-state index in [9.17, 15) is 13.2 Å². The van der Waals surface area contributed by atoms with Crippen LogP contribution < -0.4 is 4.72 Å². The highest BCUT2D eigenvalue weighted by Crippen LogP contribution is 2.42. The maximum Gasteiger partial charge on any atom is 0.259 e. The second-order valence-electron chi connectivity index (χ2n) is 6.62. The van der Waals surface area contributed by atoms with E-state index in [1.165, 1.54) is 6.26 Å². The molecule has 128 valence electrons. The van der Waals surface area contributed by atoms with Crippen LogP contribution in [-0.4, -0.2) is 49.8 Å². The highest BCUT2D eigenvalue weighted by molar-refractivity contribution is 7.88. The first-order chi connectivity index (χ1) is 10.8. The molecule has 1 aliphatic carbocycles. The lowest BCUT2D eigenvalue weighted by Gasteiger charge is -2.17. The van der Waals surface area contributed by atoms with Crippen LogP contribution in [0.25, 0.3) is 0 Å². The predicted octanol–water partition coefficient (Wildman–Crippen LogP) is 0.945. The third-order valence-corrected chi connectivity index (χ3v) is 5.46. The summed E-state index contributed by atoms with van der Waals surface area (Å²) < 4.78 is 31.0. The number of aryl methyl sites for hydroxylation is 2. The summed E-state index contributed by atoms with van der Waals surface area (Å²) in [6, 6.07) is -0.202. The van der Waals surface area contributed by atoms with Crippen molar-refractivity contribution in [3.63, 3.8) is 0 Å². The minimum absolute atomic E-state index is 0.107. The minimum atomic E-state index is -3.29. The van der Waals surface area contributed by atoms with Crippen LogP contribution in [0.3, 0.4) is 0 Å². The van der Waals surface area contributed by atoms with Gasteiger partial charge in [0, 0.05) is 19.1 Å². The molecule has 0 aromatic carbocycles. The van der Waals surface area contributed by atoms with Gasteiger partial charge in [-0.15, -0.1) is 0 Å². The largest absolute Gasteiger partial charge is 0.361 e. The number of nitrogens with zero attached hydrogens (tertiary/aromatic N) is 2. The van der Waals surface area contributed by atoms with Crippen LogP contribution >= 0.6 is 0 Å². The molecule has 1 saturated heterocycles. The number of sulfonamides is 1. The molecule has 0 unspecified atom stereocenters. The molecule has 1 amide bonds. The topological polar surface area (TPSA) is 92.5 Å². The first-order valence-electron chi connectivity index (χ1n) is 8.02. The third-order valence-electron chi connectivity index (χ3n) is 4.73. The molecule has 8 heteroatoms. The molecular formula is C15H23N3O4S. The number of likely N-dealkylation sites (tertiary alicyclic amines) is 1. The number of rotatable bonds is 5. The van der Waals surface area contributed by atoms with Gasteiger partial charge in [-0.25, -0.2) is 13.1 Å². The lowest BCUT2D eigenvalue weighted by Crippen LogP contribution is -2.41. The van der Waals surface area contributed by atoms with Crippen molar-refractivity contribution in [3.05, 3.63) is 17.0 Å². The van der Waals surface area contributed by atoms with Crippen LogP contribution in [-0.2, 0) is 16.4 Å². The molecule has 1 saturated carbocycles. The number of hydrogen-bond donors (Lipinski definition) is 1. The Morgan fingerprint density at radius 1 is 1.39 bits per heavy atom. The van der Waals surface area contributed by atoms with Gasteiger partial charge in [0.05, 0.1) is 11.9 Å². The molecule has 7 nitrogen and oxygen atoms in total. The predicted molar refractivity (Wildman–Crippen MR) is 84.5 cm³/mol. The summed E-state index contributed by atoms with van der Waals surface area (Å²) in [4.78, 5) is 14.6. The molecule has 3 rings (SSSR count). The second kappa shape index (κ2) is 5.90. The zero-order chi connectivity index (χ0) is 16.8. The van der Waals surface area contributed by atoms with E-state index in [0.717, 1.165) is 12.8 Å². The van der Waals surface area contributed by atoms with E-state index in [4.69, 9.17) is 4.52 Å². The molecule has 0 spiro atoms. The first kappa shape index (κ1) is 16.4. The molecule has 0 bridgehead atoms. The van der Waals surface area contributed by atoms with Gasteiger partial charge in [0.25, 0.3) is 5.91 Å². The van der Waals surface area contributed by atoms with Crippen LogP contribution in [0.5, 0.6) is 0 Å². The van der Waals surface area contributed by atoms with Crippen molar-refractivity contribution in [2.24, 2.45) is 11.8 Å². The van der Waals surface area contributed by atoms with Crippen molar-refractivity contribution < 1.29 is 17.7 Å². The van der Waals surface area contributed by atoms with E-state index in [1.54, 1.807) is 11.8 Å². The Morgan fingerprint density at radius 2 is 2.09 bits per heavy atom. The Morgan fingerprint density at radius 3 is 2.65 bits per heavy atom. The molecule has 1 aromatic rings. The van der Waals surface area contributed by atoms with Gasteiger partial charge in [-0.2, -0.15) is 0 Å². The highest BCUT2D eigenvalue weighted by Gasteiger charge is 2.45. The van der Waals surface area contributed by atoms with Crippen LogP contribution in [0.1, 0.15) is 41.6 Å². The molecule has 23 heavy (non-hydrogen) atoms. The fourth-order valence-corrected chi connectivity index (χ4v) is 4.29. The average molecular weight is 341 g/mol. The Balaban J connectivity index is 1.81. The summed E-state index contributed by atoms with van der Waals surface area (Å²) in [7, 11) is -3.29. The van der Waals surface area contributed by atoms with Crippen LogP contribution in [0, 0.1) is 18.8 Å². The average Bonchev–Trinajstić information content (AvgIpc) is 3.12. The molecule has 1 aliphatic heterocycles. The van der Waals surface area contributed by atoms with Gasteiger partial charge in [0.1, 0.15) is 11.3 Å². The zero-order valence-corrected chi connectivity index (χ0v) is 14.5. The summed E-state index contributed by atoms with van der Waals surface area (Å²) in [5.74, 6) is 1.12. The zero-order valence-electron chi connectivity index (χ0n) is 13.7. The second-order valence-corrected chi connectivity index (χ2v) is 8.40. The van der Waals surface area contributed by atoms with Crippen molar-refractivity contribution in [2.45, 2.75) is 39.2 Å². The van der Waals surface area contributed by atoms with Crippen LogP contribution in [0.2, 0.25) is 0 Å². The summed E-state index contributed by atoms with van der Waals surface area (Å²) in [5, 5.41) is 3.94. The van der Waals surface area contributed by atoms with E-state index in [1.807, 2.05) is 6.92 Å². The monoisotopic (exact) mass is 341 g/mol. The number of amides is 1. The van der Waals surface area contributed by atoms with Crippen LogP contribution in [0.15, 0.2) is 4.52 Å².